The highest BCUT2D eigenvalue weighted by atomic mass is 35.5. The summed E-state index contributed by atoms with van der Waals surface area (Å²) in [5, 5.41) is 8.29. The van der Waals surface area contributed by atoms with E-state index < -0.39 is 0 Å². The molecule has 0 aliphatic heterocycles. The van der Waals surface area contributed by atoms with E-state index in [9.17, 15) is 0 Å². The van der Waals surface area contributed by atoms with Crippen molar-refractivity contribution in [1.29, 1.82) is 0 Å². The second-order valence-corrected chi connectivity index (χ2v) is 5.94. The number of anilines is 2. The maximum atomic E-state index is 6.08. The minimum absolute atomic E-state index is 0.518. The van der Waals surface area contributed by atoms with E-state index >= 15 is 0 Å². The molecule has 0 atom stereocenters. The lowest BCUT2D eigenvalue weighted by atomic mass is 10.3. The minimum atomic E-state index is 0.518. The molecule has 2 aromatic heterocycles. The fraction of sp³-hybridized carbons (Fsp3) is 0.235. The van der Waals surface area contributed by atoms with Gasteiger partial charge in [-0.15, -0.1) is 0 Å². The zero-order valence-electron chi connectivity index (χ0n) is 14.0. The normalized spacial score (nSPS) is 10.7. The number of methoxy groups -OCH3 is 1. The van der Waals surface area contributed by atoms with Crippen LogP contribution in [0.15, 0.2) is 30.3 Å². The number of aryl methyl sites for hydroxylation is 3. The van der Waals surface area contributed by atoms with Gasteiger partial charge < -0.3 is 10.1 Å². The van der Waals surface area contributed by atoms with Gasteiger partial charge in [0.05, 0.1) is 18.5 Å². The van der Waals surface area contributed by atoms with Gasteiger partial charge in [-0.05, 0) is 45.0 Å². The number of nitrogens with one attached hydrogen (secondary N) is 1. The van der Waals surface area contributed by atoms with Gasteiger partial charge in [0, 0.05) is 22.5 Å². The van der Waals surface area contributed by atoms with E-state index in [4.69, 9.17) is 16.3 Å². The molecule has 1 N–H and O–H groups in total. The lowest BCUT2D eigenvalue weighted by Crippen LogP contribution is -2.08. The Morgan fingerprint density at radius 3 is 2.50 bits per heavy atom. The van der Waals surface area contributed by atoms with Crippen molar-refractivity contribution in [2.45, 2.75) is 20.8 Å². The molecule has 6 nitrogen and oxygen atoms in total. The summed E-state index contributed by atoms with van der Waals surface area (Å²) in [6.07, 6.45) is 0. The Hall–Kier alpha value is -2.60. The highest BCUT2D eigenvalue weighted by molar-refractivity contribution is 6.31. The van der Waals surface area contributed by atoms with Crippen LogP contribution in [-0.2, 0) is 0 Å². The van der Waals surface area contributed by atoms with Crippen LogP contribution in [0.5, 0.6) is 5.75 Å². The van der Waals surface area contributed by atoms with Gasteiger partial charge >= 0.3 is 0 Å². The van der Waals surface area contributed by atoms with E-state index in [1.807, 2.05) is 32.9 Å². The van der Waals surface area contributed by atoms with Crippen molar-refractivity contribution >= 4 is 23.1 Å². The molecule has 0 unspecified atom stereocenters. The Labute approximate surface area is 145 Å². The quantitative estimate of drug-likeness (QED) is 0.775. The molecule has 24 heavy (non-hydrogen) atoms. The van der Waals surface area contributed by atoms with Gasteiger partial charge in [-0.1, -0.05) is 11.6 Å². The summed E-state index contributed by atoms with van der Waals surface area (Å²) in [6.45, 7) is 5.82. The van der Waals surface area contributed by atoms with Crippen molar-refractivity contribution in [2.24, 2.45) is 0 Å². The summed E-state index contributed by atoms with van der Waals surface area (Å²) in [6, 6.07) is 9.22. The number of benzene rings is 1. The highest BCUT2D eigenvalue weighted by Gasteiger charge is 2.11. The second-order valence-electron chi connectivity index (χ2n) is 5.50. The Balaban J connectivity index is 2.01. The molecule has 0 aliphatic rings. The minimum Gasteiger partial charge on any atom is -0.495 e. The Morgan fingerprint density at radius 2 is 1.83 bits per heavy atom. The molecule has 124 valence electrons. The van der Waals surface area contributed by atoms with Crippen molar-refractivity contribution in [3.05, 3.63) is 52.4 Å². The maximum Gasteiger partial charge on any atom is 0.252 e. The van der Waals surface area contributed by atoms with Gasteiger partial charge in [0.1, 0.15) is 11.6 Å². The average molecular weight is 344 g/mol. The molecule has 0 saturated heterocycles. The molecule has 0 bridgehead atoms. The van der Waals surface area contributed by atoms with Crippen LogP contribution in [0, 0.1) is 20.8 Å². The zero-order valence-corrected chi connectivity index (χ0v) is 14.7. The third-order valence-corrected chi connectivity index (χ3v) is 3.70. The average Bonchev–Trinajstić information content (AvgIpc) is 2.85. The predicted molar refractivity (Wildman–Crippen MR) is 94.7 cm³/mol. The Kier molecular flexibility index (Phi) is 4.40. The number of rotatable bonds is 4. The first kappa shape index (κ1) is 16.3. The Bertz CT molecular complexity index is 891. The molecule has 3 rings (SSSR count). The number of nitrogens with zero attached hydrogens (tertiary/aromatic N) is 4. The lowest BCUT2D eigenvalue weighted by Gasteiger charge is -2.12. The largest absolute Gasteiger partial charge is 0.495 e. The van der Waals surface area contributed by atoms with E-state index in [0.717, 1.165) is 22.8 Å². The van der Waals surface area contributed by atoms with Crippen molar-refractivity contribution in [3.63, 3.8) is 0 Å². The molecular formula is C17H18ClN5O. The first-order valence-corrected chi connectivity index (χ1v) is 7.84. The molecular weight excluding hydrogens is 326 g/mol. The van der Waals surface area contributed by atoms with E-state index in [2.05, 4.69) is 20.4 Å². The number of halogens is 1. The van der Waals surface area contributed by atoms with E-state index in [0.29, 0.717) is 22.5 Å². The van der Waals surface area contributed by atoms with Crippen LogP contribution < -0.4 is 10.1 Å². The molecule has 0 fully saturated rings. The van der Waals surface area contributed by atoms with Crippen LogP contribution in [0.3, 0.4) is 0 Å². The molecule has 0 radical (unpaired) electrons. The molecule has 2 heterocycles. The van der Waals surface area contributed by atoms with Crippen molar-refractivity contribution < 1.29 is 4.74 Å². The summed E-state index contributed by atoms with van der Waals surface area (Å²) in [4.78, 5) is 9.03. The Morgan fingerprint density at radius 1 is 1.04 bits per heavy atom. The predicted octanol–water partition coefficient (Wildman–Crippen LogP) is 3.99. The zero-order chi connectivity index (χ0) is 17.3. The number of aromatic nitrogens is 4. The van der Waals surface area contributed by atoms with Gasteiger partial charge in [-0.3, -0.25) is 0 Å². The fourth-order valence-corrected chi connectivity index (χ4v) is 2.63. The first-order valence-electron chi connectivity index (χ1n) is 7.46. The summed E-state index contributed by atoms with van der Waals surface area (Å²) in [7, 11) is 1.61. The van der Waals surface area contributed by atoms with Gasteiger partial charge in [0.15, 0.2) is 0 Å². The van der Waals surface area contributed by atoms with E-state index in [1.165, 1.54) is 0 Å². The topological polar surface area (TPSA) is 64.9 Å². The van der Waals surface area contributed by atoms with Crippen LogP contribution in [-0.4, -0.2) is 26.9 Å². The fourth-order valence-electron chi connectivity index (χ4n) is 2.46. The molecule has 0 saturated carbocycles. The van der Waals surface area contributed by atoms with E-state index in [-0.39, 0.29) is 0 Å². The number of hydrogen-bond acceptors (Lipinski definition) is 5. The van der Waals surface area contributed by atoms with Crippen LogP contribution in [0.1, 0.15) is 17.1 Å². The molecule has 7 heteroatoms. The second kappa shape index (κ2) is 6.49. The number of ether oxygens (including phenoxy) is 1. The van der Waals surface area contributed by atoms with Crippen LogP contribution in [0.4, 0.5) is 11.5 Å². The third kappa shape index (κ3) is 3.33. The van der Waals surface area contributed by atoms with Crippen LogP contribution in [0.25, 0.3) is 5.95 Å². The van der Waals surface area contributed by atoms with Crippen molar-refractivity contribution in [3.8, 4) is 11.7 Å². The van der Waals surface area contributed by atoms with E-state index in [1.54, 1.807) is 30.0 Å². The van der Waals surface area contributed by atoms with Gasteiger partial charge in [0.25, 0.3) is 5.95 Å². The SMILES string of the molecule is COc1ccc(Cl)cc1Nc1cc(C)nc(-n2nc(C)cc2C)n1. The van der Waals surface area contributed by atoms with Crippen molar-refractivity contribution in [1.82, 2.24) is 19.7 Å². The molecule has 0 amide bonds. The third-order valence-electron chi connectivity index (χ3n) is 3.47. The summed E-state index contributed by atoms with van der Waals surface area (Å²) in [5.74, 6) is 1.85. The molecule has 3 aromatic rings. The maximum absolute atomic E-state index is 6.08. The molecule has 0 aliphatic carbocycles. The summed E-state index contributed by atoms with van der Waals surface area (Å²) in [5.41, 5.74) is 3.46. The van der Waals surface area contributed by atoms with Crippen LogP contribution in [0.2, 0.25) is 5.02 Å². The smallest absolute Gasteiger partial charge is 0.252 e. The lowest BCUT2D eigenvalue weighted by molar-refractivity contribution is 0.417. The summed E-state index contributed by atoms with van der Waals surface area (Å²) >= 11 is 6.08. The first-order chi connectivity index (χ1) is 11.5. The number of hydrogen-bond donors (Lipinski definition) is 1. The monoisotopic (exact) mass is 343 g/mol. The summed E-state index contributed by atoms with van der Waals surface area (Å²) < 4.78 is 7.08. The van der Waals surface area contributed by atoms with Crippen LogP contribution >= 0.6 is 11.6 Å². The van der Waals surface area contributed by atoms with Gasteiger partial charge in [0.2, 0.25) is 0 Å². The van der Waals surface area contributed by atoms with Gasteiger partial charge in [-0.2, -0.15) is 10.1 Å². The van der Waals surface area contributed by atoms with Crippen molar-refractivity contribution in [2.75, 3.05) is 12.4 Å². The standard InChI is InChI=1S/C17H18ClN5O/c1-10-8-16(20-14-9-13(18)5-6-15(14)24-4)21-17(19-10)23-12(3)7-11(2)22-23/h5-9H,1-4H3,(H,19,20,21). The van der Waals surface area contributed by atoms with Gasteiger partial charge in [-0.25, -0.2) is 9.67 Å². The molecule has 0 spiro atoms. The molecule has 1 aromatic carbocycles. The highest BCUT2D eigenvalue weighted by Crippen LogP contribution is 2.30.